The number of imidazole rings is 1. The molecule has 2 rings (SSSR count). The Morgan fingerprint density at radius 2 is 1.96 bits per heavy atom. The van der Waals surface area contributed by atoms with Gasteiger partial charge in [-0.2, -0.15) is 0 Å². The summed E-state index contributed by atoms with van der Waals surface area (Å²) in [5, 5.41) is 2.60. The Kier molecular flexibility index (Phi) is 5.90. The zero-order valence-corrected chi connectivity index (χ0v) is 14.9. The Morgan fingerprint density at radius 1 is 1.32 bits per heavy atom. The minimum Gasteiger partial charge on any atom is -0.345 e. The molecule has 0 fully saturated rings. The molecule has 2 amide bonds. The summed E-state index contributed by atoms with van der Waals surface area (Å²) in [4.78, 5) is 29.8. The number of nitrogens with one attached hydrogen (secondary N) is 1. The van der Waals surface area contributed by atoms with Crippen LogP contribution >= 0.6 is 0 Å². The van der Waals surface area contributed by atoms with Crippen molar-refractivity contribution < 1.29 is 14.0 Å². The third kappa shape index (κ3) is 4.65. The van der Waals surface area contributed by atoms with E-state index in [2.05, 4.69) is 10.3 Å². The molecule has 1 heterocycles. The summed E-state index contributed by atoms with van der Waals surface area (Å²) in [5.74, 6) is -0.0668. The molecule has 0 aliphatic heterocycles. The number of aryl methyl sites for hydroxylation is 1. The van der Waals surface area contributed by atoms with Crippen molar-refractivity contribution in [2.75, 3.05) is 7.05 Å². The molecular weight excluding hydrogens is 323 g/mol. The predicted molar refractivity (Wildman–Crippen MR) is 92.1 cm³/mol. The lowest BCUT2D eigenvalue weighted by Crippen LogP contribution is -2.46. The summed E-state index contributed by atoms with van der Waals surface area (Å²) < 4.78 is 15.0. The molecule has 0 aliphatic rings. The highest BCUT2D eigenvalue weighted by atomic mass is 19.1. The van der Waals surface area contributed by atoms with Crippen LogP contribution in [-0.2, 0) is 23.1 Å². The lowest BCUT2D eigenvalue weighted by molar-refractivity contribution is -0.136. The Morgan fingerprint density at radius 3 is 2.48 bits per heavy atom. The van der Waals surface area contributed by atoms with Crippen molar-refractivity contribution in [2.24, 2.45) is 7.05 Å². The summed E-state index contributed by atoms with van der Waals surface area (Å²) >= 11 is 0. The lowest BCUT2D eigenvalue weighted by Gasteiger charge is -2.30. The number of rotatable bonds is 6. The van der Waals surface area contributed by atoms with Crippen molar-refractivity contribution in [3.05, 3.63) is 53.9 Å². The molecule has 25 heavy (non-hydrogen) atoms. The van der Waals surface area contributed by atoms with Gasteiger partial charge in [0.1, 0.15) is 17.7 Å². The molecule has 134 valence electrons. The first-order valence-electron chi connectivity index (χ1n) is 8.05. The van der Waals surface area contributed by atoms with Crippen LogP contribution in [0.1, 0.15) is 31.3 Å². The number of halogens is 1. The summed E-state index contributed by atoms with van der Waals surface area (Å²) in [6, 6.07) is 5.20. The molecule has 0 radical (unpaired) electrons. The molecular formula is C18H23FN4O2. The monoisotopic (exact) mass is 346 g/mol. The van der Waals surface area contributed by atoms with Crippen LogP contribution in [0.15, 0.2) is 36.7 Å². The first-order chi connectivity index (χ1) is 11.8. The van der Waals surface area contributed by atoms with E-state index in [0.717, 1.165) is 11.4 Å². The number of aromatic nitrogens is 2. The second-order valence-corrected chi connectivity index (χ2v) is 6.11. The highest BCUT2D eigenvalue weighted by Gasteiger charge is 2.28. The smallest absolute Gasteiger partial charge is 0.245 e. The molecule has 1 N–H and O–H groups in total. The minimum atomic E-state index is -0.640. The van der Waals surface area contributed by atoms with E-state index in [0.29, 0.717) is 6.42 Å². The van der Waals surface area contributed by atoms with Crippen LogP contribution in [0.3, 0.4) is 0 Å². The third-order valence-electron chi connectivity index (χ3n) is 4.10. The van der Waals surface area contributed by atoms with Crippen LogP contribution in [-0.4, -0.2) is 39.4 Å². The molecule has 0 spiro atoms. The number of hydrogen-bond acceptors (Lipinski definition) is 3. The average Bonchev–Trinajstić information content (AvgIpc) is 2.98. The molecule has 2 unspecified atom stereocenters. The van der Waals surface area contributed by atoms with Crippen LogP contribution in [0, 0.1) is 5.82 Å². The van der Waals surface area contributed by atoms with E-state index in [1.165, 1.54) is 19.1 Å². The number of nitrogens with zero attached hydrogens (tertiary/aromatic N) is 3. The number of hydrogen-bond donors (Lipinski definition) is 1. The number of carbonyl (C=O) groups excluding carboxylic acids is 2. The van der Waals surface area contributed by atoms with Crippen LogP contribution in [0.2, 0.25) is 0 Å². The molecule has 0 bridgehead atoms. The van der Waals surface area contributed by atoms with Crippen molar-refractivity contribution in [1.29, 1.82) is 0 Å². The zero-order valence-electron chi connectivity index (χ0n) is 14.9. The van der Waals surface area contributed by atoms with Gasteiger partial charge in [-0.1, -0.05) is 12.1 Å². The largest absolute Gasteiger partial charge is 0.345 e. The molecule has 0 saturated carbocycles. The maximum absolute atomic E-state index is 13.2. The molecule has 0 aliphatic carbocycles. The second kappa shape index (κ2) is 7.92. The van der Waals surface area contributed by atoms with E-state index in [9.17, 15) is 14.0 Å². The van der Waals surface area contributed by atoms with Crippen molar-refractivity contribution in [3.63, 3.8) is 0 Å². The van der Waals surface area contributed by atoms with Gasteiger partial charge >= 0.3 is 0 Å². The van der Waals surface area contributed by atoms with Crippen molar-refractivity contribution in [2.45, 2.75) is 32.4 Å². The molecule has 2 aromatic rings. The summed E-state index contributed by atoms with van der Waals surface area (Å²) in [5.41, 5.74) is 0.890. The van der Waals surface area contributed by atoms with Gasteiger partial charge in [0.05, 0.1) is 6.04 Å². The fourth-order valence-electron chi connectivity index (χ4n) is 2.77. The number of likely N-dealkylation sites (N-methyl/N-ethyl adjacent to an activating group) is 1. The standard InChI is InChI=1S/C18H23FN4O2/c1-12(21-13(2)24)18(25)23(4)16(17-20-9-10-22(17)3)11-14-5-7-15(19)8-6-14/h5-10,12,16H,11H2,1-4H3,(H,21,24). The zero-order chi connectivity index (χ0) is 18.6. The van der Waals surface area contributed by atoms with E-state index in [4.69, 9.17) is 0 Å². The van der Waals surface area contributed by atoms with Gasteiger partial charge in [0.15, 0.2) is 0 Å². The maximum atomic E-state index is 13.2. The maximum Gasteiger partial charge on any atom is 0.245 e. The molecule has 1 aromatic heterocycles. The van der Waals surface area contributed by atoms with Gasteiger partial charge in [0.25, 0.3) is 0 Å². The van der Waals surface area contributed by atoms with Gasteiger partial charge in [0.2, 0.25) is 11.8 Å². The Balaban J connectivity index is 2.28. The quantitative estimate of drug-likeness (QED) is 0.868. The molecule has 7 heteroatoms. The molecule has 6 nitrogen and oxygen atoms in total. The van der Waals surface area contributed by atoms with Gasteiger partial charge in [-0.05, 0) is 24.6 Å². The summed E-state index contributed by atoms with van der Waals surface area (Å²) in [7, 11) is 3.54. The van der Waals surface area contributed by atoms with Gasteiger partial charge in [-0.25, -0.2) is 9.37 Å². The predicted octanol–water partition coefficient (Wildman–Crippen LogP) is 1.83. The van der Waals surface area contributed by atoms with Crippen molar-refractivity contribution in [3.8, 4) is 0 Å². The Labute approximate surface area is 146 Å². The topological polar surface area (TPSA) is 67.2 Å². The lowest BCUT2D eigenvalue weighted by atomic mass is 10.0. The van der Waals surface area contributed by atoms with Crippen LogP contribution in [0.25, 0.3) is 0 Å². The van der Waals surface area contributed by atoms with Crippen molar-refractivity contribution >= 4 is 11.8 Å². The van der Waals surface area contributed by atoms with E-state index in [-0.39, 0.29) is 23.7 Å². The van der Waals surface area contributed by atoms with Gasteiger partial charge in [0, 0.05) is 39.8 Å². The van der Waals surface area contributed by atoms with Crippen molar-refractivity contribution in [1.82, 2.24) is 19.8 Å². The number of amides is 2. The first kappa shape index (κ1) is 18.6. The second-order valence-electron chi connectivity index (χ2n) is 6.11. The highest BCUT2D eigenvalue weighted by Crippen LogP contribution is 2.23. The Bertz CT molecular complexity index is 742. The fourth-order valence-corrected chi connectivity index (χ4v) is 2.77. The molecule has 0 saturated heterocycles. The average molecular weight is 346 g/mol. The highest BCUT2D eigenvalue weighted by molar-refractivity contribution is 5.86. The number of carbonyl (C=O) groups is 2. The third-order valence-corrected chi connectivity index (χ3v) is 4.10. The van der Waals surface area contributed by atoms with Gasteiger partial charge in [-0.3, -0.25) is 9.59 Å². The Hall–Kier alpha value is -2.70. The van der Waals surface area contributed by atoms with Gasteiger partial charge < -0.3 is 14.8 Å². The van der Waals surface area contributed by atoms with Crippen LogP contribution in [0.5, 0.6) is 0 Å². The fraction of sp³-hybridized carbons (Fsp3) is 0.389. The van der Waals surface area contributed by atoms with Crippen LogP contribution in [0.4, 0.5) is 4.39 Å². The molecule has 1 aromatic carbocycles. The van der Waals surface area contributed by atoms with E-state index < -0.39 is 6.04 Å². The normalized spacial score (nSPS) is 13.2. The van der Waals surface area contributed by atoms with E-state index in [1.54, 1.807) is 37.2 Å². The summed E-state index contributed by atoms with van der Waals surface area (Å²) in [6.45, 7) is 3.02. The van der Waals surface area contributed by atoms with E-state index in [1.807, 2.05) is 17.8 Å². The SMILES string of the molecule is CC(=O)NC(C)C(=O)N(C)C(Cc1ccc(F)cc1)c1nccn1C. The number of benzene rings is 1. The summed E-state index contributed by atoms with van der Waals surface area (Å²) in [6.07, 6.45) is 3.96. The van der Waals surface area contributed by atoms with Crippen LogP contribution < -0.4 is 5.32 Å². The minimum absolute atomic E-state index is 0.217. The van der Waals surface area contributed by atoms with E-state index >= 15 is 0 Å². The van der Waals surface area contributed by atoms with Gasteiger partial charge in [-0.15, -0.1) is 0 Å². The first-order valence-corrected chi connectivity index (χ1v) is 8.05. The molecule has 2 atom stereocenters.